The van der Waals surface area contributed by atoms with E-state index in [1.54, 1.807) is 16.7 Å². The predicted molar refractivity (Wildman–Crippen MR) is 139 cm³/mol. The van der Waals surface area contributed by atoms with Gasteiger partial charge in [-0.15, -0.1) is 0 Å². The highest BCUT2D eigenvalue weighted by atomic mass is 16.2. The second-order valence-electron chi connectivity index (χ2n) is 9.53. The quantitative estimate of drug-likeness (QED) is 0.486. The Morgan fingerprint density at radius 1 is 0.971 bits per heavy atom. The number of nitrogens with one attached hydrogen (secondary N) is 1. The number of anilines is 1. The van der Waals surface area contributed by atoms with Crippen molar-refractivity contribution < 1.29 is 14.4 Å². The van der Waals surface area contributed by atoms with Crippen LogP contribution in [-0.4, -0.2) is 41.2 Å². The molecule has 0 saturated heterocycles. The van der Waals surface area contributed by atoms with E-state index >= 15 is 0 Å². The molecule has 4 rings (SSSR count). The number of benzene rings is 3. The summed E-state index contributed by atoms with van der Waals surface area (Å²) in [4.78, 5) is 42.6. The summed E-state index contributed by atoms with van der Waals surface area (Å²) < 4.78 is 0. The highest BCUT2D eigenvalue weighted by molar-refractivity contribution is 6.25. The Balaban J connectivity index is 1.47. The Labute approximate surface area is 206 Å². The zero-order valence-corrected chi connectivity index (χ0v) is 20.9. The van der Waals surface area contributed by atoms with Crippen molar-refractivity contribution in [2.45, 2.75) is 59.2 Å². The molecular weight excluding hydrogens is 438 g/mol. The lowest BCUT2D eigenvalue weighted by atomic mass is 10.1. The van der Waals surface area contributed by atoms with Crippen molar-refractivity contribution >= 4 is 34.2 Å². The average Bonchev–Trinajstić information content (AvgIpc) is 3.10. The van der Waals surface area contributed by atoms with Crippen molar-refractivity contribution in [2.24, 2.45) is 0 Å². The molecule has 182 valence electrons. The molecule has 3 aromatic rings. The maximum absolute atomic E-state index is 13.4. The number of nitrogens with zero attached hydrogens (tertiary/aromatic N) is 2. The van der Waals surface area contributed by atoms with Crippen molar-refractivity contribution in [3.8, 4) is 0 Å². The van der Waals surface area contributed by atoms with Crippen LogP contribution in [0.25, 0.3) is 10.8 Å². The fourth-order valence-electron chi connectivity index (χ4n) is 4.69. The Morgan fingerprint density at radius 2 is 1.69 bits per heavy atom. The molecule has 0 aromatic heterocycles. The molecule has 1 aliphatic heterocycles. The monoisotopic (exact) mass is 471 g/mol. The molecule has 1 atom stereocenters. The third-order valence-corrected chi connectivity index (χ3v) is 6.62. The van der Waals surface area contributed by atoms with Crippen LogP contribution in [0.1, 0.15) is 55.1 Å². The molecule has 0 bridgehead atoms. The molecule has 0 radical (unpaired) electrons. The fraction of sp³-hybridized carbons (Fsp3) is 0.345. The van der Waals surface area contributed by atoms with Crippen LogP contribution in [0.2, 0.25) is 0 Å². The number of rotatable bonds is 9. The van der Waals surface area contributed by atoms with Gasteiger partial charge in [-0.05, 0) is 62.8 Å². The molecule has 1 N–H and O–H groups in total. The second-order valence-corrected chi connectivity index (χ2v) is 9.53. The number of carbonyl (C=O) groups is 3. The van der Waals surface area contributed by atoms with E-state index in [1.165, 1.54) is 0 Å². The molecule has 0 saturated carbocycles. The Morgan fingerprint density at radius 3 is 2.40 bits per heavy atom. The van der Waals surface area contributed by atoms with Gasteiger partial charge >= 0.3 is 0 Å². The van der Waals surface area contributed by atoms with Gasteiger partial charge in [0, 0.05) is 36.5 Å². The summed E-state index contributed by atoms with van der Waals surface area (Å²) in [5.41, 5.74) is 3.71. The summed E-state index contributed by atoms with van der Waals surface area (Å²) in [6, 6.07) is 19.0. The molecule has 6 nitrogen and oxygen atoms in total. The first kappa shape index (κ1) is 24.5. The summed E-state index contributed by atoms with van der Waals surface area (Å²) >= 11 is 0. The van der Waals surface area contributed by atoms with Crippen molar-refractivity contribution in [2.75, 3.05) is 11.4 Å². The molecule has 0 fully saturated rings. The molecule has 1 heterocycles. The van der Waals surface area contributed by atoms with Crippen LogP contribution in [0, 0.1) is 6.92 Å². The zero-order chi connectivity index (χ0) is 25.1. The first-order valence-electron chi connectivity index (χ1n) is 12.3. The van der Waals surface area contributed by atoms with Crippen LogP contribution >= 0.6 is 0 Å². The lowest BCUT2D eigenvalue weighted by molar-refractivity contribution is -0.140. The summed E-state index contributed by atoms with van der Waals surface area (Å²) in [5, 5.41) is 4.94. The van der Waals surface area contributed by atoms with E-state index < -0.39 is 6.04 Å². The highest BCUT2D eigenvalue weighted by Crippen LogP contribution is 2.37. The van der Waals surface area contributed by atoms with E-state index in [0.717, 1.165) is 27.6 Å². The number of carbonyl (C=O) groups excluding carboxylic acids is 3. The van der Waals surface area contributed by atoms with Gasteiger partial charge in [-0.1, -0.05) is 48.5 Å². The SMILES string of the molecule is Cc1ccccc1CN(C(=O)CCCN1C(=O)c2cccc3cccc1c23)C(C)C(=O)NC(C)C. The molecule has 6 heteroatoms. The number of aryl methyl sites for hydroxylation is 1. The topological polar surface area (TPSA) is 69.7 Å². The van der Waals surface area contributed by atoms with E-state index in [1.807, 2.05) is 81.4 Å². The number of hydrogen-bond donors (Lipinski definition) is 1. The number of hydrogen-bond acceptors (Lipinski definition) is 3. The lowest BCUT2D eigenvalue weighted by Crippen LogP contribution is -2.49. The van der Waals surface area contributed by atoms with Crippen LogP contribution < -0.4 is 10.2 Å². The van der Waals surface area contributed by atoms with Gasteiger partial charge in [-0.3, -0.25) is 14.4 Å². The van der Waals surface area contributed by atoms with Gasteiger partial charge in [-0.2, -0.15) is 0 Å². The largest absolute Gasteiger partial charge is 0.352 e. The second kappa shape index (κ2) is 10.3. The predicted octanol–water partition coefficient (Wildman–Crippen LogP) is 4.83. The van der Waals surface area contributed by atoms with Gasteiger partial charge < -0.3 is 15.1 Å². The Hall–Kier alpha value is -3.67. The van der Waals surface area contributed by atoms with E-state index in [9.17, 15) is 14.4 Å². The Kier molecular flexibility index (Phi) is 7.20. The minimum atomic E-state index is -0.601. The molecule has 0 spiro atoms. The van der Waals surface area contributed by atoms with E-state index in [2.05, 4.69) is 5.32 Å². The summed E-state index contributed by atoms with van der Waals surface area (Å²) in [6.45, 7) is 8.41. The van der Waals surface area contributed by atoms with Gasteiger partial charge in [-0.25, -0.2) is 0 Å². The van der Waals surface area contributed by atoms with Crippen molar-refractivity contribution in [1.29, 1.82) is 0 Å². The zero-order valence-electron chi connectivity index (χ0n) is 20.9. The maximum Gasteiger partial charge on any atom is 0.258 e. The van der Waals surface area contributed by atoms with Gasteiger partial charge in [0.05, 0.1) is 5.69 Å². The normalized spacial score (nSPS) is 13.4. The van der Waals surface area contributed by atoms with Crippen LogP contribution in [0.4, 0.5) is 5.69 Å². The molecular formula is C29H33N3O3. The van der Waals surface area contributed by atoms with Gasteiger partial charge in [0.1, 0.15) is 6.04 Å². The van der Waals surface area contributed by atoms with Gasteiger partial charge in [0.25, 0.3) is 5.91 Å². The summed E-state index contributed by atoms with van der Waals surface area (Å²) in [6.07, 6.45) is 0.763. The first-order valence-corrected chi connectivity index (χ1v) is 12.3. The van der Waals surface area contributed by atoms with Gasteiger partial charge in [0.2, 0.25) is 11.8 Å². The molecule has 3 amide bonds. The maximum atomic E-state index is 13.4. The molecule has 3 aromatic carbocycles. The Bertz CT molecular complexity index is 1260. The first-order chi connectivity index (χ1) is 16.8. The van der Waals surface area contributed by atoms with E-state index in [-0.39, 0.29) is 30.2 Å². The molecule has 1 aliphatic rings. The standard InChI is InChI=1S/C29H33N3O3/c1-19(2)30-28(34)21(4)32(18-23-11-6-5-10-20(23)3)26(33)16-9-17-31-25-15-8-13-22-12-7-14-24(27(22)25)29(31)35/h5-8,10-15,19,21H,9,16-18H2,1-4H3,(H,30,34). The fourth-order valence-corrected chi connectivity index (χ4v) is 4.69. The van der Waals surface area contributed by atoms with Crippen LogP contribution in [-0.2, 0) is 16.1 Å². The van der Waals surface area contributed by atoms with Crippen LogP contribution in [0.3, 0.4) is 0 Å². The lowest BCUT2D eigenvalue weighted by Gasteiger charge is -2.30. The van der Waals surface area contributed by atoms with Crippen molar-refractivity contribution in [3.05, 3.63) is 77.4 Å². The third kappa shape index (κ3) is 5.06. The van der Waals surface area contributed by atoms with E-state index in [0.29, 0.717) is 25.1 Å². The molecule has 0 aliphatic carbocycles. The molecule has 1 unspecified atom stereocenters. The summed E-state index contributed by atoms with van der Waals surface area (Å²) in [5.74, 6) is -0.286. The minimum absolute atomic E-state index is 0.00844. The number of amides is 3. The minimum Gasteiger partial charge on any atom is -0.352 e. The van der Waals surface area contributed by atoms with Crippen LogP contribution in [0.15, 0.2) is 60.7 Å². The van der Waals surface area contributed by atoms with Gasteiger partial charge in [0.15, 0.2) is 0 Å². The van der Waals surface area contributed by atoms with Crippen molar-refractivity contribution in [3.63, 3.8) is 0 Å². The third-order valence-electron chi connectivity index (χ3n) is 6.62. The van der Waals surface area contributed by atoms with Crippen molar-refractivity contribution in [1.82, 2.24) is 10.2 Å². The average molecular weight is 472 g/mol. The van der Waals surface area contributed by atoms with E-state index in [4.69, 9.17) is 0 Å². The summed E-state index contributed by atoms with van der Waals surface area (Å²) in [7, 11) is 0. The smallest absolute Gasteiger partial charge is 0.258 e. The highest BCUT2D eigenvalue weighted by Gasteiger charge is 2.30. The molecule has 35 heavy (non-hydrogen) atoms. The van der Waals surface area contributed by atoms with Crippen LogP contribution in [0.5, 0.6) is 0 Å².